The van der Waals surface area contributed by atoms with Gasteiger partial charge in [0, 0.05) is 17.0 Å². The number of aromatic nitrogens is 1. The van der Waals surface area contributed by atoms with Gasteiger partial charge in [0.2, 0.25) is 0 Å². The van der Waals surface area contributed by atoms with Gasteiger partial charge in [-0.15, -0.1) is 0 Å². The number of carbonyl (C=O) groups is 1. The van der Waals surface area contributed by atoms with Gasteiger partial charge in [0.05, 0.1) is 12.1 Å². The number of hydrogen-bond acceptors (Lipinski definition) is 2. The first-order chi connectivity index (χ1) is 10.6. The molecule has 0 radical (unpaired) electrons. The average molecular weight is 297 g/mol. The van der Waals surface area contributed by atoms with Crippen molar-refractivity contribution < 1.29 is 14.3 Å². The van der Waals surface area contributed by atoms with E-state index in [9.17, 15) is 19.1 Å². The predicted octanol–water partition coefficient (Wildman–Crippen LogP) is 2.89. The fourth-order valence-electron chi connectivity index (χ4n) is 2.46. The van der Waals surface area contributed by atoms with Crippen LogP contribution in [-0.2, 0) is 6.54 Å². The summed E-state index contributed by atoms with van der Waals surface area (Å²) in [6.45, 7) is 0.113. The van der Waals surface area contributed by atoms with Crippen LogP contribution >= 0.6 is 0 Å². The van der Waals surface area contributed by atoms with Crippen molar-refractivity contribution in [3.8, 4) is 0 Å². The number of carboxylic acid groups (broad SMARTS) is 1. The zero-order chi connectivity index (χ0) is 15.7. The Morgan fingerprint density at radius 3 is 2.50 bits per heavy atom. The summed E-state index contributed by atoms with van der Waals surface area (Å²) in [6.07, 6.45) is 1.30. The fraction of sp³-hybridized carbons (Fsp3) is 0.0588. The summed E-state index contributed by atoms with van der Waals surface area (Å²) >= 11 is 0. The van der Waals surface area contributed by atoms with Gasteiger partial charge >= 0.3 is 5.97 Å². The number of hydrogen-bond donors (Lipinski definition) is 1. The molecule has 0 saturated carbocycles. The van der Waals surface area contributed by atoms with Gasteiger partial charge in [-0.25, -0.2) is 9.18 Å². The second kappa shape index (κ2) is 5.44. The van der Waals surface area contributed by atoms with Gasteiger partial charge in [-0.2, -0.15) is 0 Å². The van der Waals surface area contributed by atoms with Crippen LogP contribution in [0.5, 0.6) is 0 Å². The summed E-state index contributed by atoms with van der Waals surface area (Å²) in [5, 5.41) is 10.1. The lowest BCUT2D eigenvalue weighted by Gasteiger charge is -2.10. The molecule has 5 heteroatoms. The van der Waals surface area contributed by atoms with Gasteiger partial charge in [0.1, 0.15) is 5.82 Å². The molecular weight excluding hydrogens is 285 g/mol. The molecule has 0 atom stereocenters. The van der Waals surface area contributed by atoms with Crippen LogP contribution in [0.2, 0.25) is 0 Å². The fourth-order valence-corrected chi connectivity index (χ4v) is 2.46. The van der Waals surface area contributed by atoms with E-state index in [4.69, 9.17) is 0 Å². The Balaban J connectivity index is 2.20. The molecule has 1 heterocycles. The number of aromatic carboxylic acids is 1. The minimum absolute atomic E-state index is 0.0478. The van der Waals surface area contributed by atoms with E-state index in [1.807, 2.05) is 0 Å². The Morgan fingerprint density at radius 2 is 1.82 bits per heavy atom. The summed E-state index contributed by atoms with van der Waals surface area (Å²) in [4.78, 5) is 23.9. The molecule has 110 valence electrons. The highest BCUT2D eigenvalue weighted by molar-refractivity contribution is 6.02. The summed E-state index contributed by atoms with van der Waals surface area (Å²) in [6, 6.07) is 12.4. The topological polar surface area (TPSA) is 59.3 Å². The molecule has 0 saturated heterocycles. The molecule has 1 N–H and O–H groups in total. The van der Waals surface area contributed by atoms with Crippen molar-refractivity contribution in [1.82, 2.24) is 4.57 Å². The average Bonchev–Trinajstić information content (AvgIpc) is 2.50. The number of pyridine rings is 1. The van der Waals surface area contributed by atoms with Gasteiger partial charge in [0.25, 0.3) is 5.56 Å². The Kier molecular flexibility index (Phi) is 3.47. The van der Waals surface area contributed by atoms with Crippen LogP contribution in [0.4, 0.5) is 4.39 Å². The van der Waals surface area contributed by atoms with Crippen LogP contribution < -0.4 is 5.56 Å². The first-order valence-electron chi connectivity index (χ1n) is 6.66. The molecule has 0 bridgehead atoms. The molecular formula is C17H12FNO3. The first kappa shape index (κ1) is 14.0. The maximum atomic E-state index is 13.2. The van der Waals surface area contributed by atoms with E-state index < -0.39 is 11.8 Å². The van der Waals surface area contributed by atoms with E-state index >= 15 is 0 Å². The van der Waals surface area contributed by atoms with Gasteiger partial charge in [-0.05, 0) is 23.8 Å². The van der Waals surface area contributed by atoms with Crippen LogP contribution in [0.25, 0.3) is 10.8 Å². The van der Waals surface area contributed by atoms with Gasteiger partial charge in [-0.3, -0.25) is 4.79 Å². The predicted molar refractivity (Wildman–Crippen MR) is 80.7 cm³/mol. The molecule has 2 aromatic carbocycles. The van der Waals surface area contributed by atoms with Crippen molar-refractivity contribution in [2.24, 2.45) is 0 Å². The van der Waals surface area contributed by atoms with Gasteiger partial charge in [-0.1, -0.05) is 30.3 Å². The van der Waals surface area contributed by atoms with Crippen molar-refractivity contribution >= 4 is 16.7 Å². The molecule has 4 nitrogen and oxygen atoms in total. The Hall–Kier alpha value is -2.95. The molecule has 3 rings (SSSR count). The highest BCUT2D eigenvalue weighted by atomic mass is 19.1. The molecule has 0 fully saturated rings. The highest BCUT2D eigenvalue weighted by Gasteiger charge is 2.13. The second-order valence-electron chi connectivity index (χ2n) is 4.96. The zero-order valence-electron chi connectivity index (χ0n) is 11.5. The molecule has 0 unspecified atom stereocenters. The Bertz CT molecular complexity index is 931. The van der Waals surface area contributed by atoms with E-state index in [1.165, 1.54) is 22.9 Å². The van der Waals surface area contributed by atoms with E-state index in [0.717, 1.165) is 0 Å². The quantitative estimate of drug-likeness (QED) is 0.808. The molecule has 0 spiro atoms. The molecule has 0 aliphatic carbocycles. The standard InChI is InChI=1S/C17H12FNO3/c18-12-5-3-4-11(8-12)9-19-10-15(17(21)22)13-6-1-2-7-14(13)16(19)20/h1-8,10H,9H2,(H,21,22). The number of rotatable bonds is 3. The lowest BCUT2D eigenvalue weighted by atomic mass is 10.1. The molecule has 3 aromatic rings. The van der Waals surface area contributed by atoms with Crippen molar-refractivity contribution in [3.63, 3.8) is 0 Å². The Morgan fingerprint density at radius 1 is 1.09 bits per heavy atom. The number of benzene rings is 2. The summed E-state index contributed by atoms with van der Waals surface area (Å²) in [5.74, 6) is -1.51. The van der Waals surface area contributed by atoms with E-state index in [-0.39, 0.29) is 17.7 Å². The van der Waals surface area contributed by atoms with Crippen LogP contribution in [0.15, 0.2) is 59.5 Å². The van der Waals surface area contributed by atoms with Crippen LogP contribution in [0.3, 0.4) is 0 Å². The van der Waals surface area contributed by atoms with Crippen molar-refractivity contribution in [1.29, 1.82) is 0 Å². The Labute approximate surface area is 125 Å². The number of carboxylic acids is 1. The largest absolute Gasteiger partial charge is 0.478 e. The third-order valence-corrected chi connectivity index (χ3v) is 3.47. The lowest BCUT2D eigenvalue weighted by molar-refractivity contribution is 0.0698. The van der Waals surface area contributed by atoms with E-state index in [1.54, 1.807) is 36.4 Å². The molecule has 0 aliphatic heterocycles. The van der Waals surface area contributed by atoms with Crippen LogP contribution in [-0.4, -0.2) is 15.6 Å². The molecule has 0 amide bonds. The minimum Gasteiger partial charge on any atom is -0.478 e. The monoisotopic (exact) mass is 297 g/mol. The smallest absolute Gasteiger partial charge is 0.337 e. The van der Waals surface area contributed by atoms with Gasteiger partial charge in [0.15, 0.2) is 0 Å². The van der Waals surface area contributed by atoms with Crippen molar-refractivity contribution in [3.05, 3.63) is 82.0 Å². The lowest BCUT2D eigenvalue weighted by Crippen LogP contribution is -2.22. The highest BCUT2D eigenvalue weighted by Crippen LogP contribution is 2.16. The van der Waals surface area contributed by atoms with Crippen LogP contribution in [0, 0.1) is 5.82 Å². The second-order valence-corrected chi connectivity index (χ2v) is 4.96. The third-order valence-electron chi connectivity index (χ3n) is 3.47. The molecule has 22 heavy (non-hydrogen) atoms. The normalized spacial score (nSPS) is 10.8. The maximum Gasteiger partial charge on any atom is 0.337 e. The summed E-state index contributed by atoms with van der Waals surface area (Å²) in [7, 11) is 0. The first-order valence-corrected chi connectivity index (χ1v) is 6.66. The van der Waals surface area contributed by atoms with Crippen molar-refractivity contribution in [2.75, 3.05) is 0 Å². The molecule has 0 aliphatic rings. The van der Waals surface area contributed by atoms with Crippen LogP contribution in [0.1, 0.15) is 15.9 Å². The SMILES string of the molecule is O=C(O)c1cn(Cc2cccc(F)c2)c(=O)c2ccccc12. The zero-order valence-corrected chi connectivity index (χ0v) is 11.5. The van der Waals surface area contributed by atoms with Gasteiger partial charge < -0.3 is 9.67 Å². The maximum absolute atomic E-state index is 13.2. The minimum atomic E-state index is -1.11. The molecule has 1 aromatic heterocycles. The number of halogens is 1. The number of fused-ring (bicyclic) bond motifs is 1. The summed E-state index contributed by atoms with van der Waals surface area (Å²) < 4.78 is 14.5. The van der Waals surface area contributed by atoms with E-state index in [2.05, 4.69) is 0 Å². The van der Waals surface area contributed by atoms with E-state index in [0.29, 0.717) is 16.3 Å². The summed E-state index contributed by atoms with van der Waals surface area (Å²) in [5.41, 5.74) is 0.338. The third kappa shape index (κ3) is 2.48. The van der Waals surface area contributed by atoms with Crippen molar-refractivity contribution in [2.45, 2.75) is 6.54 Å². The number of nitrogens with zero attached hydrogens (tertiary/aromatic N) is 1.